The van der Waals surface area contributed by atoms with Crippen LogP contribution in [0.25, 0.3) is 22.2 Å². The molecule has 0 unspecified atom stereocenters. The van der Waals surface area contributed by atoms with E-state index < -0.39 is 0 Å². The van der Waals surface area contributed by atoms with Gasteiger partial charge in [-0.1, -0.05) is 35.9 Å². The molecule has 0 radical (unpaired) electrons. The van der Waals surface area contributed by atoms with Crippen LogP contribution in [0.15, 0.2) is 84.0 Å². The van der Waals surface area contributed by atoms with Gasteiger partial charge < -0.3 is 19.9 Å². The Hall–Kier alpha value is -5.09. The van der Waals surface area contributed by atoms with Crippen molar-refractivity contribution in [3.05, 3.63) is 107 Å². The van der Waals surface area contributed by atoms with Crippen molar-refractivity contribution in [3.63, 3.8) is 0 Å². The number of aryl methyl sites for hydroxylation is 4. The van der Waals surface area contributed by atoms with Crippen molar-refractivity contribution < 1.29 is 4.79 Å². The number of benzene rings is 3. The number of H-pyrrole nitrogens is 1. The molecule has 1 aliphatic heterocycles. The molecule has 214 valence electrons. The number of rotatable bonds is 7. The number of hydrogen-bond acceptors (Lipinski definition) is 7. The van der Waals surface area contributed by atoms with E-state index in [4.69, 9.17) is 4.98 Å². The van der Waals surface area contributed by atoms with Gasteiger partial charge in [0.25, 0.3) is 5.91 Å². The first-order chi connectivity index (χ1) is 20.9. The first-order valence-electron chi connectivity index (χ1n) is 14.0. The first-order valence-corrected chi connectivity index (χ1v) is 14.8. The molecule has 0 spiro atoms. The van der Waals surface area contributed by atoms with Crippen LogP contribution in [-0.4, -0.2) is 30.6 Å². The zero-order chi connectivity index (χ0) is 29.7. The van der Waals surface area contributed by atoms with Crippen molar-refractivity contribution in [2.45, 2.75) is 32.2 Å². The predicted molar refractivity (Wildman–Crippen MR) is 173 cm³/mol. The molecule has 43 heavy (non-hydrogen) atoms. The quantitative estimate of drug-likeness (QED) is 0.169. The Bertz CT molecular complexity index is 1990. The Kier molecular flexibility index (Phi) is 6.62. The Morgan fingerprint density at radius 3 is 2.58 bits per heavy atom. The summed E-state index contributed by atoms with van der Waals surface area (Å²) >= 11 is 1.55. The SMILES string of the molecule is Cc1ccc(SNc2cccc3c2CN(c2cccc4c(-c5nc(Nc6cc(C)n(C)n6)ncc5C)c[nH]c24)C3=O)cc1. The van der Waals surface area contributed by atoms with E-state index in [-0.39, 0.29) is 5.91 Å². The first kappa shape index (κ1) is 26.8. The topological polar surface area (TPSA) is 104 Å². The fourth-order valence-corrected chi connectivity index (χ4v) is 6.10. The maximum Gasteiger partial charge on any atom is 0.259 e. The summed E-state index contributed by atoms with van der Waals surface area (Å²) in [6, 6.07) is 22.2. The fourth-order valence-electron chi connectivity index (χ4n) is 5.41. The summed E-state index contributed by atoms with van der Waals surface area (Å²) in [7, 11) is 1.90. The van der Waals surface area contributed by atoms with Crippen molar-refractivity contribution in [3.8, 4) is 11.3 Å². The molecule has 3 aromatic heterocycles. The third kappa shape index (κ3) is 4.89. The van der Waals surface area contributed by atoms with Crippen LogP contribution in [0, 0.1) is 20.8 Å². The second-order valence-corrected chi connectivity index (χ2v) is 11.7. The molecule has 6 aromatic rings. The van der Waals surface area contributed by atoms with Crippen molar-refractivity contribution in [1.82, 2.24) is 24.7 Å². The molecule has 1 amide bonds. The molecule has 0 saturated heterocycles. The molecule has 9 nitrogen and oxygen atoms in total. The maximum absolute atomic E-state index is 13.7. The normalized spacial score (nSPS) is 12.7. The summed E-state index contributed by atoms with van der Waals surface area (Å²) in [5.41, 5.74) is 9.31. The lowest BCUT2D eigenvalue weighted by molar-refractivity contribution is 0.0997. The number of carbonyl (C=O) groups excluding carboxylic acids is 1. The summed E-state index contributed by atoms with van der Waals surface area (Å²) in [5.74, 6) is 1.14. The van der Waals surface area contributed by atoms with Crippen LogP contribution in [-0.2, 0) is 13.6 Å². The van der Waals surface area contributed by atoms with Crippen molar-refractivity contribution in [2.24, 2.45) is 7.05 Å². The fraction of sp³-hybridized carbons (Fsp3) is 0.152. The number of para-hydroxylation sites is 1. The maximum atomic E-state index is 13.7. The Morgan fingerprint density at radius 2 is 1.79 bits per heavy atom. The molecule has 3 aromatic carbocycles. The third-order valence-corrected chi connectivity index (χ3v) is 8.66. The average Bonchev–Trinajstić information content (AvgIpc) is 3.68. The van der Waals surface area contributed by atoms with Gasteiger partial charge in [0.05, 0.1) is 29.1 Å². The molecule has 3 N–H and O–H groups in total. The highest BCUT2D eigenvalue weighted by atomic mass is 32.2. The van der Waals surface area contributed by atoms with Gasteiger partial charge in [0.2, 0.25) is 5.95 Å². The lowest BCUT2D eigenvalue weighted by atomic mass is 10.1. The van der Waals surface area contributed by atoms with Crippen LogP contribution in [0.3, 0.4) is 0 Å². The van der Waals surface area contributed by atoms with Crippen LogP contribution < -0.4 is 14.9 Å². The van der Waals surface area contributed by atoms with Crippen LogP contribution >= 0.6 is 11.9 Å². The molecule has 0 saturated carbocycles. The van der Waals surface area contributed by atoms with E-state index in [0.29, 0.717) is 23.9 Å². The van der Waals surface area contributed by atoms with Gasteiger partial charge in [0.15, 0.2) is 5.82 Å². The molecule has 0 aliphatic carbocycles. The monoisotopic (exact) mass is 586 g/mol. The zero-order valence-corrected chi connectivity index (χ0v) is 25.1. The van der Waals surface area contributed by atoms with E-state index in [0.717, 1.165) is 55.3 Å². The van der Waals surface area contributed by atoms with Gasteiger partial charge in [-0.15, -0.1) is 0 Å². The minimum absolute atomic E-state index is 0.0157. The highest BCUT2D eigenvalue weighted by molar-refractivity contribution is 8.00. The van der Waals surface area contributed by atoms with Gasteiger partial charge in [-0.05, 0) is 68.6 Å². The van der Waals surface area contributed by atoms with Gasteiger partial charge in [0, 0.05) is 58.2 Å². The van der Waals surface area contributed by atoms with Crippen molar-refractivity contribution in [2.75, 3.05) is 14.9 Å². The largest absolute Gasteiger partial charge is 0.359 e. The van der Waals surface area contributed by atoms with Gasteiger partial charge in [0.1, 0.15) is 0 Å². The van der Waals surface area contributed by atoms with E-state index in [1.807, 2.05) is 74.6 Å². The highest BCUT2D eigenvalue weighted by Crippen LogP contribution is 2.39. The molecule has 0 atom stereocenters. The highest BCUT2D eigenvalue weighted by Gasteiger charge is 2.32. The second-order valence-electron chi connectivity index (χ2n) is 10.8. The number of nitrogens with zero attached hydrogens (tertiary/aromatic N) is 5. The molecule has 0 fully saturated rings. The molecule has 0 bridgehead atoms. The molecular formula is C33H30N8OS. The van der Waals surface area contributed by atoms with Crippen LogP contribution in [0.1, 0.15) is 32.7 Å². The van der Waals surface area contributed by atoms with Gasteiger partial charge >= 0.3 is 0 Å². The summed E-state index contributed by atoms with van der Waals surface area (Å²) in [6.07, 6.45) is 3.77. The van der Waals surface area contributed by atoms with Gasteiger partial charge in [-0.2, -0.15) is 5.10 Å². The summed E-state index contributed by atoms with van der Waals surface area (Å²) in [5, 5.41) is 8.66. The second kappa shape index (κ2) is 10.6. The van der Waals surface area contributed by atoms with E-state index in [1.165, 1.54) is 5.56 Å². The lowest BCUT2D eigenvalue weighted by Gasteiger charge is -2.17. The summed E-state index contributed by atoms with van der Waals surface area (Å²) < 4.78 is 5.28. The number of nitrogens with one attached hydrogen (secondary N) is 3. The predicted octanol–water partition coefficient (Wildman–Crippen LogP) is 7.31. The summed E-state index contributed by atoms with van der Waals surface area (Å²) in [4.78, 5) is 29.5. The number of carbonyl (C=O) groups is 1. The van der Waals surface area contributed by atoms with Gasteiger partial charge in [-0.25, -0.2) is 9.97 Å². The zero-order valence-electron chi connectivity index (χ0n) is 24.3. The lowest BCUT2D eigenvalue weighted by Crippen LogP contribution is -2.23. The molecule has 10 heteroatoms. The van der Waals surface area contributed by atoms with E-state index in [1.54, 1.807) is 16.6 Å². The number of amides is 1. The van der Waals surface area contributed by atoms with Crippen LogP contribution in [0.2, 0.25) is 0 Å². The Balaban J connectivity index is 1.19. The average molecular weight is 587 g/mol. The van der Waals surface area contributed by atoms with E-state index in [9.17, 15) is 4.79 Å². The van der Waals surface area contributed by atoms with E-state index in [2.05, 4.69) is 62.4 Å². The van der Waals surface area contributed by atoms with Crippen molar-refractivity contribution in [1.29, 1.82) is 0 Å². The number of aromatic amines is 1. The molecular weight excluding hydrogens is 556 g/mol. The standard InChI is InChI=1S/C33H30N8OS/c1-19-11-13-22(14-12-19)43-39-27-9-5-8-24-26(27)18-41(32(24)42)28-10-6-7-23-25(17-34-31(23)28)30-20(2)16-35-33(37-30)36-29-15-21(3)40(4)38-29/h5-17,34,39H,18H2,1-4H3,(H,35,36,37,38). The van der Waals surface area contributed by atoms with Gasteiger partial charge in [-0.3, -0.25) is 9.48 Å². The van der Waals surface area contributed by atoms with Crippen molar-refractivity contribution >= 4 is 51.9 Å². The summed E-state index contributed by atoms with van der Waals surface area (Å²) in [6.45, 7) is 6.54. The van der Waals surface area contributed by atoms with Crippen LogP contribution in [0.5, 0.6) is 0 Å². The number of anilines is 4. The minimum atomic E-state index is -0.0157. The smallest absolute Gasteiger partial charge is 0.259 e. The molecule has 1 aliphatic rings. The van der Waals surface area contributed by atoms with E-state index >= 15 is 0 Å². The molecule has 7 rings (SSSR count). The third-order valence-electron chi connectivity index (χ3n) is 7.83. The number of hydrogen-bond donors (Lipinski definition) is 3. The number of fused-ring (bicyclic) bond motifs is 2. The molecule has 4 heterocycles. The van der Waals surface area contributed by atoms with Crippen LogP contribution in [0.4, 0.5) is 23.1 Å². The minimum Gasteiger partial charge on any atom is -0.359 e. The Morgan fingerprint density at radius 1 is 0.977 bits per heavy atom. The number of aromatic nitrogens is 5. The Labute approximate surface area is 253 Å².